The van der Waals surface area contributed by atoms with E-state index in [2.05, 4.69) is 10.6 Å². The van der Waals surface area contributed by atoms with Gasteiger partial charge in [0, 0.05) is 11.4 Å². The molecule has 172 valence electrons. The Labute approximate surface area is 195 Å². The van der Waals surface area contributed by atoms with Crippen LogP contribution >= 0.6 is 0 Å². The van der Waals surface area contributed by atoms with Crippen LogP contribution in [0.5, 0.6) is 11.5 Å². The lowest BCUT2D eigenvalue weighted by atomic mass is 10.1. The van der Waals surface area contributed by atoms with Gasteiger partial charge in [-0.15, -0.1) is 0 Å². The summed E-state index contributed by atoms with van der Waals surface area (Å²) in [4.78, 5) is 50.5. The molecule has 0 fully saturated rings. The summed E-state index contributed by atoms with van der Waals surface area (Å²) in [6.07, 6.45) is 0. The lowest BCUT2D eigenvalue weighted by Gasteiger charge is -2.14. The Hall–Kier alpha value is -4.66. The zero-order valence-corrected chi connectivity index (χ0v) is 18.2. The Morgan fingerprint density at radius 3 is 1.94 bits per heavy atom. The number of carbonyl (C=O) groups excluding carboxylic acids is 4. The van der Waals surface area contributed by atoms with Gasteiger partial charge >= 0.3 is 0 Å². The van der Waals surface area contributed by atoms with Crippen molar-refractivity contribution in [3.8, 4) is 11.5 Å². The summed E-state index contributed by atoms with van der Waals surface area (Å²) in [5, 5.41) is 5.33. The van der Waals surface area contributed by atoms with Crippen molar-refractivity contribution in [2.24, 2.45) is 0 Å². The number of fused-ring (bicyclic) bond motifs is 1. The predicted octanol–water partition coefficient (Wildman–Crippen LogP) is 2.95. The fourth-order valence-electron chi connectivity index (χ4n) is 3.48. The monoisotopic (exact) mass is 459 g/mol. The first-order valence-corrected chi connectivity index (χ1v) is 10.4. The lowest BCUT2D eigenvalue weighted by molar-refractivity contribution is -0.118. The predicted molar refractivity (Wildman–Crippen MR) is 124 cm³/mol. The molecule has 0 saturated carbocycles. The van der Waals surface area contributed by atoms with E-state index < -0.39 is 30.2 Å². The number of nitrogens with zero attached hydrogens (tertiary/aromatic N) is 1. The van der Waals surface area contributed by atoms with Gasteiger partial charge in [-0.05, 0) is 42.5 Å². The van der Waals surface area contributed by atoms with Crippen molar-refractivity contribution in [3.63, 3.8) is 0 Å². The van der Waals surface area contributed by atoms with Crippen LogP contribution in [0, 0.1) is 0 Å². The number of nitrogens with one attached hydrogen (secondary N) is 2. The second kappa shape index (κ2) is 9.86. The molecule has 0 aliphatic carbocycles. The van der Waals surface area contributed by atoms with Crippen LogP contribution in [-0.2, 0) is 9.59 Å². The fourth-order valence-corrected chi connectivity index (χ4v) is 3.48. The molecule has 0 bridgehead atoms. The Morgan fingerprint density at radius 1 is 0.765 bits per heavy atom. The van der Waals surface area contributed by atoms with Crippen LogP contribution in [0.2, 0.25) is 0 Å². The number of imide groups is 1. The standard InChI is InChI=1S/C25H21N3O6/c1-33-20-11-4-5-12-21(20)34-15-23(30)27-17-8-6-7-16(13-17)26-22(29)14-28-24(31)18-9-2-3-10-19(18)25(28)32/h2-13H,14-15H2,1H3,(H,26,29)(H,27,30). The molecule has 34 heavy (non-hydrogen) atoms. The van der Waals surface area contributed by atoms with E-state index in [0.29, 0.717) is 22.9 Å². The lowest BCUT2D eigenvalue weighted by Crippen LogP contribution is -2.37. The number of amides is 4. The molecule has 2 N–H and O–H groups in total. The van der Waals surface area contributed by atoms with Gasteiger partial charge in [-0.2, -0.15) is 0 Å². The first-order valence-electron chi connectivity index (χ1n) is 10.4. The average Bonchev–Trinajstić information content (AvgIpc) is 3.08. The smallest absolute Gasteiger partial charge is 0.262 e. The number of hydrogen-bond donors (Lipinski definition) is 2. The summed E-state index contributed by atoms with van der Waals surface area (Å²) in [7, 11) is 1.51. The molecule has 0 spiro atoms. The molecular formula is C25H21N3O6. The summed E-state index contributed by atoms with van der Waals surface area (Å²) in [6.45, 7) is -0.660. The third kappa shape index (κ3) is 4.88. The van der Waals surface area contributed by atoms with Gasteiger partial charge in [-0.3, -0.25) is 24.1 Å². The quantitative estimate of drug-likeness (QED) is 0.501. The molecule has 0 saturated heterocycles. The minimum absolute atomic E-state index is 0.239. The van der Waals surface area contributed by atoms with E-state index in [1.165, 1.54) is 7.11 Å². The van der Waals surface area contributed by atoms with Crippen molar-refractivity contribution in [1.82, 2.24) is 4.90 Å². The molecule has 3 aromatic carbocycles. The molecule has 1 heterocycles. The van der Waals surface area contributed by atoms with Gasteiger partial charge in [-0.25, -0.2) is 0 Å². The Bertz CT molecular complexity index is 1240. The van der Waals surface area contributed by atoms with E-state index >= 15 is 0 Å². The van der Waals surface area contributed by atoms with E-state index in [-0.39, 0.29) is 17.7 Å². The van der Waals surface area contributed by atoms with Crippen LogP contribution in [-0.4, -0.2) is 48.8 Å². The minimum atomic E-state index is -0.544. The molecule has 0 atom stereocenters. The van der Waals surface area contributed by atoms with Crippen molar-refractivity contribution < 1.29 is 28.7 Å². The molecule has 3 aromatic rings. The van der Waals surface area contributed by atoms with Crippen LogP contribution in [0.15, 0.2) is 72.8 Å². The molecule has 0 unspecified atom stereocenters. The number of carbonyl (C=O) groups is 4. The molecule has 0 radical (unpaired) electrons. The number of ether oxygens (including phenoxy) is 2. The first kappa shape index (κ1) is 22.5. The van der Waals surface area contributed by atoms with E-state index in [4.69, 9.17) is 9.47 Å². The SMILES string of the molecule is COc1ccccc1OCC(=O)Nc1cccc(NC(=O)CN2C(=O)c3ccccc3C2=O)c1. The first-order chi connectivity index (χ1) is 16.5. The van der Waals surface area contributed by atoms with Crippen molar-refractivity contribution in [2.75, 3.05) is 30.9 Å². The average molecular weight is 459 g/mol. The fraction of sp³-hybridized carbons (Fsp3) is 0.120. The van der Waals surface area contributed by atoms with Crippen molar-refractivity contribution in [3.05, 3.63) is 83.9 Å². The third-order valence-electron chi connectivity index (χ3n) is 5.04. The van der Waals surface area contributed by atoms with Gasteiger partial charge in [0.2, 0.25) is 5.91 Å². The molecule has 4 amide bonds. The highest BCUT2D eigenvalue weighted by Gasteiger charge is 2.36. The highest BCUT2D eigenvalue weighted by molar-refractivity contribution is 6.22. The van der Waals surface area contributed by atoms with Gasteiger partial charge in [0.1, 0.15) is 6.54 Å². The number of anilines is 2. The van der Waals surface area contributed by atoms with Crippen molar-refractivity contribution >= 4 is 35.0 Å². The zero-order valence-electron chi connectivity index (χ0n) is 18.2. The minimum Gasteiger partial charge on any atom is -0.493 e. The molecule has 9 nitrogen and oxygen atoms in total. The zero-order chi connectivity index (χ0) is 24.1. The van der Waals surface area contributed by atoms with Crippen LogP contribution in [0.25, 0.3) is 0 Å². The molecular weight excluding hydrogens is 438 g/mol. The highest BCUT2D eigenvalue weighted by atomic mass is 16.5. The number of hydrogen-bond acceptors (Lipinski definition) is 6. The maximum absolute atomic E-state index is 12.5. The number of rotatable bonds is 8. The maximum atomic E-state index is 12.5. The van der Waals surface area contributed by atoms with Crippen LogP contribution in [0.1, 0.15) is 20.7 Å². The summed E-state index contributed by atoms with van der Waals surface area (Å²) < 4.78 is 10.7. The molecule has 1 aliphatic rings. The van der Waals surface area contributed by atoms with Crippen LogP contribution in [0.3, 0.4) is 0 Å². The Kier molecular flexibility index (Phi) is 6.54. The Morgan fingerprint density at radius 2 is 1.32 bits per heavy atom. The van der Waals surface area contributed by atoms with Crippen LogP contribution in [0.4, 0.5) is 11.4 Å². The van der Waals surface area contributed by atoms with Crippen molar-refractivity contribution in [2.45, 2.75) is 0 Å². The van der Waals surface area contributed by atoms with E-state index in [0.717, 1.165) is 4.90 Å². The summed E-state index contributed by atoms with van der Waals surface area (Å²) in [5.74, 6) is -1.01. The number of benzene rings is 3. The number of para-hydroxylation sites is 2. The molecule has 1 aliphatic heterocycles. The van der Waals surface area contributed by atoms with Gasteiger partial charge < -0.3 is 20.1 Å². The Balaban J connectivity index is 1.33. The second-order valence-electron chi connectivity index (χ2n) is 7.36. The second-order valence-corrected chi connectivity index (χ2v) is 7.36. The van der Waals surface area contributed by atoms with Crippen LogP contribution < -0.4 is 20.1 Å². The largest absolute Gasteiger partial charge is 0.493 e. The third-order valence-corrected chi connectivity index (χ3v) is 5.04. The highest BCUT2D eigenvalue weighted by Crippen LogP contribution is 2.26. The van der Waals surface area contributed by atoms with Gasteiger partial charge in [0.15, 0.2) is 18.1 Å². The van der Waals surface area contributed by atoms with E-state index in [9.17, 15) is 19.2 Å². The van der Waals surface area contributed by atoms with Gasteiger partial charge in [-0.1, -0.05) is 30.3 Å². The molecule has 0 aromatic heterocycles. The van der Waals surface area contributed by atoms with E-state index in [1.54, 1.807) is 72.8 Å². The topological polar surface area (TPSA) is 114 Å². The van der Waals surface area contributed by atoms with Crippen molar-refractivity contribution in [1.29, 1.82) is 0 Å². The molecule has 4 rings (SSSR count). The summed E-state index contributed by atoms with van der Waals surface area (Å²) in [6, 6.07) is 19.9. The molecule has 9 heteroatoms. The summed E-state index contributed by atoms with van der Waals surface area (Å²) >= 11 is 0. The van der Waals surface area contributed by atoms with E-state index in [1.807, 2.05) is 0 Å². The maximum Gasteiger partial charge on any atom is 0.262 e. The number of methoxy groups -OCH3 is 1. The van der Waals surface area contributed by atoms with Gasteiger partial charge in [0.25, 0.3) is 17.7 Å². The normalized spacial score (nSPS) is 12.2. The summed E-state index contributed by atoms with van der Waals surface area (Å²) in [5.41, 5.74) is 1.39. The van der Waals surface area contributed by atoms with Gasteiger partial charge in [0.05, 0.1) is 18.2 Å².